The molecule has 0 fully saturated rings. The Balaban J connectivity index is 0.00000484. The van der Waals surface area contributed by atoms with Crippen molar-refractivity contribution in [2.45, 2.75) is 46.0 Å². The van der Waals surface area contributed by atoms with Crippen LogP contribution < -0.4 is 10.4 Å². The summed E-state index contributed by atoms with van der Waals surface area (Å²) in [4.78, 5) is 12.1. The van der Waals surface area contributed by atoms with E-state index in [2.05, 4.69) is 45.3 Å². The van der Waals surface area contributed by atoms with Crippen LogP contribution in [0.5, 0.6) is 0 Å². The van der Waals surface area contributed by atoms with Gasteiger partial charge < -0.3 is 11.7 Å². The molecule has 4 nitrogen and oxygen atoms in total. The molecular weight excluding hydrogens is 365 g/mol. The van der Waals surface area contributed by atoms with Crippen LogP contribution in [0.25, 0.3) is 0 Å². The van der Waals surface area contributed by atoms with Crippen LogP contribution in [0, 0.1) is 6.92 Å². The van der Waals surface area contributed by atoms with Crippen LogP contribution in [0.3, 0.4) is 0 Å². The Morgan fingerprint density at radius 2 is 1.87 bits per heavy atom. The number of nitrogens with zero attached hydrogens (tertiary/aromatic N) is 1. The summed E-state index contributed by atoms with van der Waals surface area (Å²) in [6, 6.07) is 8.15. The molecule has 0 spiro atoms. The number of ether oxygens (including phenoxy) is 1. The molecule has 0 bridgehead atoms. The molecule has 0 saturated heterocycles. The zero-order chi connectivity index (χ0) is 16.6. The molecule has 0 unspecified atom stereocenters. The maximum absolute atomic E-state index is 12.1. The summed E-state index contributed by atoms with van der Waals surface area (Å²) in [5.41, 5.74) is 5.42. The minimum absolute atomic E-state index is 0. The summed E-state index contributed by atoms with van der Waals surface area (Å²) in [6.07, 6.45) is 1.30. The Hall–Kier alpha value is -0.286. The van der Waals surface area contributed by atoms with Gasteiger partial charge in [-0.1, -0.05) is 46.4 Å². The topological polar surface area (TPSA) is 41.6 Å². The van der Waals surface area contributed by atoms with E-state index in [0.717, 1.165) is 12.1 Å². The summed E-state index contributed by atoms with van der Waals surface area (Å²) in [7, 11) is 0. The van der Waals surface area contributed by atoms with Gasteiger partial charge in [0.1, 0.15) is 0 Å². The van der Waals surface area contributed by atoms with Gasteiger partial charge in [-0.2, -0.15) is 0 Å². The van der Waals surface area contributed by atoms with Crippen molar-refractivity contribution in [3.63, 3.8) is 0 Å². The van der Waals surface area contributed by atoms with Crippen LogP contribution in [0.15, 0.2) is 24.3 Å². The molecule has 23 heavy (non-hydrogen) atoms. The quantitative estimate of drug-likeness (QED) is 0.417. The number of hydrogen-bond acceptors (Lipinski definition) is 3. The molecule has 1 radical (unpaired) electrons. The number of benzene rings is 1. The fraction of sp³-hybridized carbons (Fsp3) is 0.556. The van der Waals surface area contributed by atoms with Gasteiger partial charge in [0.2, 0.25) is 5.91 Å². The second-order valence-corrected chi connectivity index (χ2v) is 6.25. The Morgan fingerprint density at radius 3 is 2.35 bits per heavy atom. The molecule has 0 aromatic heterocycles. The van der Waals surface area contributed by atoms with Gasteiger partial charge in [0.05, 0.1) is 5.69 Å². The van der Waals surface area contributed by atoms with Crippen molar-refractivity contribution < 1.29 is 42.2 Å². The molecule has 0 heterocycles. The van der Waals surface area contributed by atoms with Gasteiger partial charge in [0, 0.05) is 52.3 Å². The number of nitrogens with one attached hydrogen (secondary N) is 1. The average Bonchev–Trinajstić information content (AvgIpc) is 2.49. The summed E-state index contributed by atoms with van der Waals surface area (Å²) in [5.74, 6) is 0.0570. The Labute approximate surface area is 166 Å². The van der Waals surface area contributed by atoms with Crippen molar-refractivity contribution in [1.29, 1.82) is 0 Å². The van der Waals surface area contributed by atoms with E-state index in [9.17, 15) is 4.79 Å². The third-order valence-electron chi connectivity index (χ3n) is 3.42. The molecule has 1 rings (SSSR count). The predicted molar refractivity (Wildman–Crippen MR) is 91.7 cm³/mol. The minimum Gasteiger partial charge on any atom is -0.413 e. The molecule has 0 atom stereocenters. The zero-order valence-corrected chi connectivity index (χ0v) is 17.7. The molecule has 1 aromatic rings. The number of hydrazine groups is 1. The maximum Gasteiger partial charge on any atom is 0.241 e. The molecular formula is C18H29N2O2Y-. The molecule has 0 saturated carbocycles. The molecule has 1 amide bonds. The fourth-order valence-corrected chi connectivity index (χ4v) is 2.06. The van der Waals surface area contributed by atoms with Gasteiger partial charge in [-0.25, -0.2) is 10.4 Å². The van der Waals surface area contributed by atoms with Crippen molar-refractivity contribution in [3.8, 4) is 0 Å². The van der Waals surface area contributed by atoms with E-state index in [1.54, 1.807) is 5.01 Å². The normalized spacial score (nSPS) is 11.0. The molecule has 127 valence electrons. The van der Waals surface area contributed by atoms with E-state index < -0.39 is 0 Å². The zero-order valence-electron chi connectivity index (χ0n) is 14.9. The molecule has 0 aliphatic rings. The molecule has 1 aromatic carbocycles. The van der Waals surface area contributed by atoms with Crippen molar-refractivity contribution >= 4 is 11.6 Å². The van der Waals surface area contributed by atoms with Crippen LogP contribution in [-0.2, 0) is 47.7 Å². The van der Waals surface area contributed by atoms with Crippen molar-refractivity contribution in [2.24, 2.45) is 0 Å². The van der Waals surface area contributed by atoms with Crippen LogP contribution in [0.1, 0.15) is 46.1 Å². The van der Waals surface area contributed by atoms with Crippen molar-refractivity contribution in [3.05, 3.63) is 36.8 Å². The summed E-state index contributed by atoms with van der Waals surface area (Å²) in [5, 5.41) is 1.64. The fourth-order valence-electron chi connectivity index (χ4n) is 2.06. The van der Waals surface area contributed by atoms with Gasteiger partial charge >= 0.3 is 0 Å². The van der Waals surface area contributed by atoms with E-state index in [0.29, 0.717) is 26.2 Å². The summed E-state index contributed by atoms with van der Waals surface area (Å²) < 4.78 is 5.21. The van der Waals surface area contributed by atoms with Gasteiger partial charge in [-0.05, 0) is 29.5 Å². The monoisotopic (exact) mass is 394 g/mol. The second kappa shape index (κ2) is 11.3. The Bertz CT molecular complexity index is 455. The first-order chi connectivity index (χ1) is 10.4. The summed E-state index contributed by atoms with van der Waals surface area (Å²) >= 11 is 0. The molecule has 1 N–H and O–H groups in total. The smallest absolute Gasteiger partial charge is 0.241 e. The van der Waals surface area contributed by atoms with E-state index in [1.165, 1.54) is 5.56 Å². The van der Waals surface area contributed by atoms with E-state index in [4.69, 9.17) is 4.74 Å². The predicted octanol–water partition coefficient (Wildman–Crippen LogP) is 3.47. The van der Waals surface area contributed by atoms with Crippen LogP contribution >= 0.6 is 0 Å². The number of carbonyl (C=O) groups is 1. The Kier molecular flexibility index (Phi) is 11.2. The summed E-state index contributed by atoms with van der Waals surface area (Å²) in [6.45, 7) is 13.8. The number of rotatable bonds is 8. The number of hydrogen-bond donors (Lipinski definition) is 1. The van der Waals surface area contributed by atoms with Gasteiger partial charge in [0.25, 0.3) is 0 Å². The number of anilines is 1. The first kappa shape index (κ1) is 22.7. The Morgan fingerprint density at radius 1 is 1.26 bits per heavy atom. The van der Waals surface area contributed by atoms with E-state index in [-0.39, 0.29) is 44.0 Å². The van der Waals surface area contributed by atoms with Crippen molar-refractivity contribution in [2.75, 3.05) is 24.8 Å². The number of carbonyl (C=O) groups excluding carboxylic acids is 1. The van der Waals surface area contributed by atoms with Gasteiger partial charge in [-0.15, -0.1) is 0 Å². The van der Waals surface area contributed by atoms with Crippen LogP contribution in [-0.4, -0.2) is 25.7 Å². The third kappa shape index (κ3) is 7.89. The maximum atomic E-state index is 12.1. The minimum atomic E-state index is 0. The van der Waals surface area contributed by atoms with Crippen molar-refractivity contribution in [1.82, 2.24) is 5.43 Å². The molecule has 0 aliphatic heterocycles. The van der Waals surface area contributed by atoms with E-state index >= 15 is 0 Å². The SMILES string of the molecule is [CH2-]COCCCNN(C(=O)CC)c1ccc(C(C)(C)C)cc1.[Y]. The van der Waals surface area contributed by atoms with Crippen LogP contribution in [0.2, 0.25) is 0 Å². The van der Waals surface area contributed by atoms with Gasteiger partial charge in [-0.3, -0.25) is 4.79 Å². The standard InChI is InChI=1S/C18H29N2O2.Y/c1-6-17(21)20(19-13-8-14-22-7-2)16-11-9-15(10-12-16)18(3,4)5;/h9-12,19H,2,6-8,13-14H2,1,3-5H3;/q-1;. The second-order valence-electron chi connectivity index (χ2n) is 6.25. The molecule has 5 heteroatoms. The average molecular weight is 394 g/mol. The third-order valence-corrected chi connectivity index (χ3v) is 3.42. The van der Waals surface area contributed by atoms with E-state index in [1.807, 2.05) is 19.1 Å². The molecule has 0 aliphatic carbocycles. The number of amides is 1. The van der Waals surface area contributed by atoms with Gasteiger partial charge in [0.15, 0.2) is 0 Å². The first-order valence-electron chi connectivity index (χ1n) is 7.94. The largest absolute Gasteiger partial charge is 0.413 e. The first-order valence-corrected chi connectivity index (χ1v) is 7.94. The van der Waals surface area contributed by atoms with Crippen LogP contribution in [0.4, 0.5) is 5.69 Å².